The van der Waals surface area contributed by atoms with Gasteiger partial charge >= 0.3 is 0 Å². The average Bonchev–Trinajstić information content (AvgIpc) is 3.17. The Hall–Kier alpha value is -0.120. The third-order valence-electron chi connectivity index (χ3n) is 4.43. The van der Waals surface area contributed by atoms with Gasteiger partial charge in [0.25, 0.3) is 0 Å². The van der Waals surface area contributed by atoms with Crippen LogP contribution < -0.4 is 0 Å². The van der Waals surface area contributed by atoms with E-state index in [1.54, 1.807) is 9.28 Å². The predicted molar refractivity (Wildman–Crippen MR) is 83.5 cm³/mol. The van der Waals surface area contributed by atoms with Crippen LogP contribution in [0.3, 0.4) is 0 Å². The standard InChI is InChI=1S/C15H22IN/c1-10-9-17(12(3)13-6-7-13)15-14(11(10)2)5-4-8-16-15/h8,10,12-13H,2,4-7,9H2,1,3H3/t10-,12+/m1/s1. The molecule has 0 amide bonds. The van der Waals surface area contributed by atoms with Crippen molar-refractivity contribution in [1.82, 2.24) is 4.90 Å². The Morgan fingerprint density at radius 1 is 1.47 bits per heavy atom. The van der Waals surface area contributed by atoms with Crippen molar-refractivity contribution in [3.63, 3.8) is 0 Å². The summed E-state index contributed by atoms with van der Waals surface area (Å²) in [6.07, 6.45) is 5.46. The van der Waals surface area contributed by atoms with E-state index < -0.39 is 0 Å². The molecule has 0 radical (unpaired) electrons. The maximum atomic E-state index is 4.35. The zero-order valence-electron chi connectivity index (χ0n) is 10.9. The van der Waals surface area contributed by atoms with Crippen LogP contribution in [0, 0.1) is 11.8 Å². The fourth-order valence-electron chi connectivity index (χ4n) is 2.99. The predicted octanol–water partition coefficient (Wildman–Crippen LogP) is 4.07. The van der Waals surface area contributed by atoms with Gasteiger partial charge < -0.3 is 4.90 Å². The Kier molecular flexibility index (Phi) is 3.18. The van der Waals surface area contributed by atoms with Crippen LogP contribution >= 0.6 is 20.7 Å². The number of nitrogens with zero attached hydrogens (tertiary/aromatic N) is 1. The van der Waals surface area contributed by atoms with E-state index in [1.807, 2.05) is 0 Å². The normalized spacial score (nSPS) is 31.1. The first-order valence-electron chi connectivity index (χ1n) is 6.82. The fraction of sp³-hybridized carbons (Fsp3) is 0.667. The molecule has 2 atom stereocenters. The number of allylic oxidation sites excluding steroid dienone is 1. The molecule has 94 valence electrons. The largest absolute Gasteiger partial charge is 0.363 e. The summed E-state index contributed by atoms with van der Waals surface area (Å²) in [6.45, 7) is 10.4. The summed E-state index contributed by atoms with van der Waals surface area (Å²) in [7, 11) is 0. The summed E-state index contributed by atoms with van der Waals surface area (Å²) in [5.41, 5.74) is 3.10. The molecule has 0 saturated heterocycles. The molecule has 2 heterocycles. The van der Waals surface area contributed by atoms with Gasteiger partial charge in [-0.3, -0.25) is 0 Å². The van der Waals surface area contributed by atoms with Gasteiger partial charge in [-0.15, -0.1) is 0 Å². The Morgan fingerprint density at radius 3 is 2.94 bits per heavy atom. The lowest BCUT2D eigenvalue weighted by Crippen LogP contribution is -2.40. The van der Waals surface area contributed by atoms with Crippen molar-refractivity contribution >= 4 is 24.7 Å². The van der Waals surface area contributed by atoms with E-state index in [2.05, 4.69) is 29.3 Å². The van der Waals surface area contributed by atoms with Crippen LogP contribution in [0.4, 0.5) is 0 Å². The second-order valence-corrected chi connectivity index (χ2v) is 8.25. The third kappa shape index (κ3) is 2.13. The van der Waals surface area contributed by atoms with Gasteiger partial charge in [-0.25, -0.2) is 0 Å². The van der Waals surface area contributed by atoms with Crippen molar-refractivity contribution in [2.75, 3.05) is 6.54 Å². The molecule has 2 aliphatic heterocycles. The monoisotopic (exact) mass is 343 g/mol. The Bertz CT molecular complexity index is 403. The van der Waals surface area contributed by atoms with Gasteiger partial charge in [0.1, 0.15) is 0 Å². The van der Waals surface area contributed by atoms with Gasteiger partial charge in [0.2, 0.25) is 0 Å². The Balaban J connectivity index is 1.94. The zero-order chi connectivity index (χ0) is 12.0. The first kappa shape index (κ1) is 11.9. The highest BCUT2D eigenvalue weighted by Crippen LogP contribution is 2.45. The molecule has 3 rings (SSSR count). The van der Waals surface area contributed by atoms with Crippen molar-refractivity contribution in [3.8, 4) is 0 Å². The lowest BCUT2D eigenvalue weighted by molar-refractivity contribution is 0.231. The second kappa shape index (κ2) is 4.52. The van der Waals surface area contributed by atoms with Crippen molar-refractivity contribution in [2.24, 2.45) is 11.8 Å². The van der Waals surface area contributed by atoms with Crippen molar-refractivity contribution in [1.29, 1.82) is 0 Å². The van der Waals surface area contributed by atoms with Crippen molar-refractivity contribution in [2.45, 2.75) is 45.6 Å². The summed E-state index contributed by atoms with van der Waals surface area (Å²) >= 11 is 0.155. The molecule has 1 fully saturated rings. The van der Waals surface area contributed by atoms with E-state index in [4.69, 9.17) is 0 Å². The minimum atomic E-state index is 0.155. The molecule has 0 unspecified atom stereocenters. The number of halogens is 1. The first-order chi connectivity index (χ1) is 8.18. The maximum Gasteiger partial charge on any atom is 0.0737 e. The van der Waals surface area contributed by atoms with Crippen LogP contribution in [-0.4, -0.2) is 21.5 Å². The SMILES string of the molecule is C=C1C2=C(I=CCC2)N([C@@H](C)C2CC2)C[C@H]1C. The van der Waals surface area contributed by atoms with Crippen LogP contribution in [-0.2, 0) is 0 Å². The molecule has 3 aliphatic rings. The Morgan fingerprint density at radius 2 is 2.24 bits per heavy atom. The van der Waals surface area contributed by atoms with Gasteiger partial charge in [0.15, 0.2) is 0 Å². The summed E-state index contributed by atoms with van der Waals surface area (Å²) in [5, 5.41) is 0. The van der Waals surface area contributed by atoms with E-state index in [1.165, 1.54) is 37.8 Å². The highest BCUT2D eigenvalue weighted by atomic mass is 127. The second-order valence-electron chi connectivity index (χ2n) is 5.73. The first-order valence-corrected chi connectivity index (χ1v) is 9.15. The van der Waals surface area contributed by atoms with Crippen LogP contribution in [0.25, 0.3) is 0 Å². The van der Waals surface area contributed by atoms with E-state index >= 15 is 0 Å². The molecule has 1 nitrogen and oxygen atoms in total. The molecule has 0 aromatic rings. The molecule has 1 saturated carbocycles. The molecule has 0 N–H and O–H groups in total. The molecule has 2 heteroatoms. The molecule has 0 aromatic heterocycles. The highest BCUT2D eigenvalue weighted by Gasteiger charge is 2.37. The van der Waals surface area contributed by atoms with Gasteiger partial charge in [-0.2, -0.15) is 0 Å². The van der Waals surface area contributed by atoms with E-state index in [0.717, 1.165) is 12.0 Å². The maximum absolute atomic E-state index is 4.35. The quantitative estimate of drug-likeness (QED) is 0.540. The molecule has 0 aromatic carbocycles. The molecular weight excluding hydrogens is 321 g/mol. The lowest BCUT2D eigenvalue weighted by Gasteiger charge is -2.41. The van der Waals surface area contributed by atoms with Gasteiger partial charge in [0, 0.05) is 12.6 Å². The van der Waals surface area contributed by atoms with Crippen LogP contribution in [0.2, 0.25) is 0 Å². The zero-order valence-corrected chi connectivity index (χ0v) is 13.0. The van der Waals surface area contributed by atoms with Crippen LogP contribution in [0.1, 0.15) is 39.5 Å². The van der Waals surface area contributed by atoms with Gasteiger partial charge in [0.05, 0.1) is 3.70 Å². The number of rotatable bonds is 2. The number of hydrogen-bond acceptors (Lipinski definition) is 1. The van der Waals surface area contributed by atoms with Crippen LogP contribution in [0.15, 0.2) is 21.4 Å². The molecule has 0 spiro atoms. The topological polar surface area (TPSA) is 3.24 Å². The third-order valence-corrected chi connectivity index (χ3v) is 7.36. The van der Waals surface area contributed by atoms with Crippen molar-refractivity contribution < 1.29 is 0 Å². The lowest BCUT2D eigenvalue weighted by atomic mass is 9.89. The van der Waals surface area contributed by atoms with E-state index in [-0.39, 0.29) is 20.7 Å². The van der Waals surface area contributed by atoms with E-state index in [9.17, 15) is 0 Å². The molecular formula is C15H22IN. The fourth-order valence-corrected chi connectivity index (χ4v) is 6.01. The Labute approximate surface area is 115 Å². The van der Waals surface area contributed by atoms with Crippen molar-refractivity contribution in [3.05, 3.63) is 21.4 Å². The highest BCUT2D eigenvalue weighted by molar-refractivity contribution is 14.2. The van der Waals surface area contributed by atoms with E-state index in [0.29, 0.717) is 5.92 Å². The molecule has 0 bridgehead atoms. The number of hydrogen-bond donors (Lipinski definition) is 0. The van der Waals surface area contributed by atoms with Crippen LogP contribution in [0.5, 0.6) is 0 Å². The van der Waals surface area contributed by atoms with Gasteiger partial charge in [-0.1, -0.05) is 34.2 Å². The summed E-state index contributed by atoms with van der Waals surface area (Å²) in [4.78, 5) is 2.76. The summed E-state index contributed by atoms with van der Waals surface area (Å²) in [5.74, 6) is 1.64. The smallest absolute Gasteiger partial charge is 0.0737 e. The average molecular weight is 343 g/mol. The minimum Gasteiger partial charge on any atom is -0.363 e. The molecule has 1 aliphatic carbocycles. The summed E-state index contributed by atoms with van der Waals surface area (Å²) < 4.78 is 4.28. The minimum absolute atomic E-state index is 0.155. The van der Waals surface area contributed by atoms with Gasteiger partial charge in [-0.05, 0) is 59.6 Å². The molecule has 17 heavy (non-hydrogen) atoms. The summed E-state index contributed by atoms with van der Waals surface area (Å²) in [6, 6.07) is 0.779.